The van der Waals surface area contributed by atoms with E-state index in [0.29, 0.717) is 49.7 Å². The monoisotopic (exact) mass is 384 g/mol. The molecule has 0 unspecified atom stereocenters. The van der Waals surface area contributed by atoms with Gasteiger partial charge in [-0.15, -0.1) is 0 Å². The van der Waals surface area contributed by atoms with Gasteiger partial charge in [0.25, 0.3) is 5.91 Å². The Morgan fingerprint density at radius 3 is 2.39 bits per heavy atom. The zero-order chi connectivity index (χ0) is 20.4. The van der Waals surface area contributed by atoms with E-state index in [4.69, 9.17) is 9.47 Å². The Hall–Kier alpha value is -2.86. The molecule has 1 N–H and O–H groups in total. The highest BCUT2D eigenvalue weighted by Crippen LogP contribution is 2.20. The zero-order valence-electron chi connectivity index (χ0n) is 16.7. The lowest BCUT2D eigenvalue weighted by atomic mass is 10.1. The van der Waals surface area contributed by atoms with Crippen molar-refractivity contribution in [2.24, 2.45) is 0 Å². The number of nitrogens with zero attached hydrogens (tertiary/aromatic N) is 1. The average molecular weight is 384 g/mol. The lowest BCUT2D eigenvalue weighted by Gasteiger charge is -2.12. The summed E-state index contributed by atoms with van der Waals surface area (Å²) in [5, 5.41) is 2.89. The van der Waals surface area contributed by atoms with Crippen LogP contribution in [-0.4, -0.2) is 50.6 Å². The van der Waals surface area contributed by atoms with E-state index < -0.39 is 0 Å². The lowest BCUT2D eigenvalue weighted by Crippen LogP contribution is -2.21. The first kappa shape index (κ1) is 21.4. The molecule has 28 heavy (non-hydrogen) atoms. The molecule has 0 heterocycles. The summed E-state index contributed by atoms with van der Waals surface area (Å²) in [6.07, 6.45) is 1.13. The molecular formula is C22H28N2O4. The number of rotatable bonds is 10. The van der Waals surface area contributed by atoms with Crippen LogP contribution in [0.5, 0.6) is 5.75 Å². The Balaban J connectivity index is 1.94. The van der Waals surface area contributed by atoms with Crippen LogP contribution in [0.2, 0.25) is 0 Å². The molecule has 6 heteroatoms. The topological polar surface area (TPSA) is 67.9 Å². The molecular weight excluding hydrogens is 356 g/mol. The van der Waals surface area contributed by atoms with Gasteiger partial charge in [0.05, 0.1) is 12.2 Å². The van der Waals surface area contributed by atoms with Crippen LogP contribution in [0.25, 0.3) is 0 Å². The SMILES string of the molecule is CCOCCOc1ccccc1C(=O)Nc1ccc(CCC(=O)N(C)C)cc1. The molecule has 2 aromatic rings. The Kier molecular flexibility index (Phi) is 8.49. The number of benzene rings is 2. The molecule has 0 aliphatic rings. The second kappa shape index (κ2) is 11.1. The maximum atomic E-state index is 12.6. The number of carbonyl (C=O) groups excluding carboxylic acids is 2. The largest absolute Gasteiger partial charge is 0.490 e. The quantitative estimate of drug-likeness (QED) is 0.638. The minimum atomic E-state index is -0.234. The molecule has 2 aromatic carbocycles. The van der Waals surface area contributed by atoms with Crippen molar-refractivity contribution in [2.75, 3.05) is 39.2 Å². The minimum absolute atomic E-state index is 0.0957. The van der Waals surface area contributed by atoms with E-state index in [2.05, 4.69) is 5.32 Å². The third-order valence-electron chi connectivity index (χ3n) is 4.16. The van der Waals surface area contributed by atoms with Crippen LogP contribution in [0, 0.1) is 0 Å². The summed E-state index contributed by atoms with van der Waals surface area (Å²) in [7, 11) is 3.50. The number of hydrogen-bond donors (Lipinski definition) is 1. The van der Waals surface area contributed by atoms with Crippen molar-refractivity contribution < 1.29 is 19.1 Å². The van der Waals surface area contributed by atoms with Gasteiger partial charge in [-0.3, -0.25) is 9.59 Å². The molecule has 0 aliphatic carbocycles. The number of para-hydroxylation sites is 1. The molecule has 0 saturated heterocycles. The number of nitrogens with one attached hydrogen (secondary N) is 1. The second-order valence-corrected chi connectivity index (χ2v) is 6.48. The van der Waals surface area contributed by atoms with E-state index in [1.54, 1.807) is 37.2 Å². The molecule has 0 fully saturated rings. The maximum absolute atomic E-state index is 12.6. The fraction of sp³-hybridized carbons (Fsp3) is 0.364. The molecule has 0 atom stereocenters. The third kappa shape index (κ3) is 6.70. The van der Waals surface area contributed by atoms with Crippen LogP contribution in [0.3, 0.4) is 0 Å². The minimum Gasteiger partial charge on any atom is -0.490 e. The summed E-state index contributed by atoms with van der Waals surface area (Å²) < 4.78 is 10.9. The number of ether oxygens (including phenoxy) is 2. The summed E-state index contributed by atoms with van der Waals surface area (Å²) in [5.74, 6) is 0.388. The van der Waals surface area contributed by atoms with Crippen LogP contribution < -0.4 is 10.1 Å². The summed E-state index contributed by atoms with van der Waals surface area (Å²) in [6, 6.07) is 14.6. The van der Waals surface area contributed by atoms with Crippen molar-refractivity contribution in [1.82, 2.24) is 4.90 Å². The fourth-order valence-electron chi connectivity index (χ4n) is 2.56. The van der Waals surface area contributed by atoms with Crippen LogP contribution in [0.1, 0.15) is 29.3 Å². The summed E-state index contributed by atoms with van der Waals surface area (Å²) in [4.78, 5) is 25.9. The summed E-state index contributed by atoms with van der Waals surface area (Å²) >= 11 is 0. The summed E-state index contributed by atoms with van der Waals surface area (Å²) in [6.45, 7) is 3.42. The lowest BCUT2D eigenvalue weighted by molar-refractivity contribution is -0.128. The number of carbonyl (C=O) groups is 2. The molecule has 150 valence electrons. The molecule has 0 saturated carbocycles. The smallest absolute Gasteiger partial charge is 0.259 e. The molecule has 6 nitrogen and oxygen atoms in total. The van der Waals surface area contributed by atoms with Crippen molar-refractivity contribution in [1.29, 1.82) is 0 Å². The fourth-order valence-corrected chi connectivity index (χ4v) is 2.56. The molecule has 0 aliphatic heterocycles. The van der Waals surface area contributed by atoms with Crippen molar-refractivity contribution in [3.05, 3.63) is 59.7 Å². The number of anilines is 1. The van der Waals surface area contributed by atoms with E-state index in [9.17, 15) is 9.59 Å². The molecule has 2 rings (SSSR count). The van der Waals surface area contributed by atoms with E-state index >= 15 is 0 Å². The standard InChI is InChI=1S/C22H28N2O4/c1-4-27-15-16-28-20-8-6-5-7-19(20)22(26)23-18-12-9-17(10-13-18)11-14-21(25)24(2)3/h5-10,12-13H,4,11,14-16H2,1-3H3,(H,23,26). The van der Waals surface area contributed by atoms with Crippen LogP contribution in [0.4, 0.5) is 5.69 Å². The first-order valence-corrected chi connectivity index (χ1v) is 9.41. The van der Waals surface area contributed by atoms with Gasteiger partial charge in [0.2, 0.25) is 5.91 Å². The van der Waals surface area contributed by atoms with E-state index in [1.165, 1.54) is 0 Å². The predicted octanol–water partition coefficient (Wildman–Crippen LogP) is 3.38. The van der Waals surface area contributed by atoms with Crippen molar-refractivity contribution in [3.8, 4) is 5.75 Å². The Morgan fingerprint density at radius 1 is 1.00 bits per heavy atom. The Labute approximate surface area is 166 Å². The highest BCUT2D eigenvalue weighted by Gasteiger charge is 2.12. The molecule has 0 radical (unpaired) electrons. The first-order valence-electron chi connectivity index (χ1n) is 9.41. The normalized spacial score (nSPS) is 10.4. The first-order chi connectivity index (χ1) is 13.5. The van der Waals surface area contributed by atoms with Gasteiger partial charge in [0.1, 0.15) is 12.4 Å². The van der Waals surface area contributed by atoms with Crippen LogP contribution in [0.15, 0.2) is 48.5 Å². The average Bonchev–Trinajstić information content (AvgIpc) is 2.70. The van der Waals surface area contributed by atoms with Crippen molar-refractivity contribution in [3.63, 3.8) is 0 Å². The molecule has 0 spiro atoms. The van der Waals surface area contributed by atoms with E-state index in [1.807, 2.05) is 37.3 Å². The molecule has 0 bridgehead atoms. The van der Waals surface area contributed by atoms with Crippen LogP contribution >= 0.6 is 0 Å². The van der Waals surface area contributed by atoms with E-state index in [0.717, 1.165) is 5.56 Å². The predicted molar refractivity (Wildman–Crippen MR) is 110 cm³/mol. The highest BCUT2D eigenvalue weighted by molar-refractivity contribution is 6.06. The number of amides is 2. The van der Waals surface area contributed by atoms with Gasteiger partial charge in [-0.2, -0.15) is 0 Å². The zero-order valence-corrected chi connectivity index (χ0v) is 16.7. The van der Waals surface area contributed by atoms with Gasteiger partial charge in [-0.1, -0.05) is 24.3 Å². The van der Waals surface area contributed by atoms with Gasteiger partial charge < -0.3 is 19.7 Å². The van der Waals surface area contributed by atoms with Gasteiger partial charge in [0.15, 0.2) is 0 Å². The van der Waals surface area contributed by atoms with Crippen LogP contribution in [-0.2, 0) is 16.0 Å². The Morgan fingerprint density at radius 2 is 1.71 bits per heavy atom. The van der Waals surface area contributed by atoms with Gasteiger partial charge in [-0.25, -0.2) is 0 Å². The highest BCUT2D eigenvalue weighted by atomic mass is 16.5. The van der Waals surface area contributed by atoms with Gasteiger partial charge in [-0.05, 0) is 43.2 Å². The third-order valence-corrected chi connectivity index (χ3v) is 4.16. The van der Waals surface area contributed by atoms with Gasteiger partial charge in [0, 0.05) is 32.8 Å². The van der Waals surface area contributed by atoms with Crippen molar-refractivity contribution >= 4 is 17.5 Å². The number of hydrogen-bond acceptors (Lipinski definition) is 4. The summed E-state index contributed by atoms with van der Waals surface area (Å²) in [5.41, 5.74) is 2.21. The van der Waals surface area contributed by atoms with Crippen molar-refractivity contribution in [2.45, 2.75) is 19.8 Å². The van der Waals surface area contributed by atoms with Gasteiger partial charge >= 0.3 is 0 Å². The second-order valence-electron chi connectivity index (χ2n) is 6.48. The molecule has 2 amide bonds. The maximum Gasteiger partial charge on any atom is 0.259 e. The number of aryl methyl sites for hydroxylation is 1. The Bertz CT molecular complexity index is 772. The van der Waals surface area contributed by atoms with E-state index in [-0.39, 0.29) is 11.8 Å². The molecule has 0 aromatic heterocycles.